The molecule has 7 heteroatoms. The standard InChI is InChI=1S/C18H33N5O2/c1-6-19-18(22-11-12-23(14(2)3)15(4)5)21-10-9-20-17(24)16-8-7-13-25-16/h7-8,13-15H,6,9-12H2,1-5H3,(H,20,24)(H2,19,21,22). The predicted molar refractivity (Wildman–Crippen MR) is 102 cm³/mol. The van der Waals surface area contributed by atoms with E-state index >= 15 is 0 Å². The van der Waals surface area contributed by atoms with E-state index in [0.717, 1.165) is 25.6 Å². The van der Waals surface area contributed by atoms with Gasteiger partial charge in [0.2, 0.25) is 0 Å². The van der Waals surface area contributed by atoms with Gasteiger partial charge < -0.3 is 20.4 Å². The van der Waals surface area contributed by atoms with Gasteiger partial charge >= 0.3 is 0 Å². The highest BCUT2D eigenvalue weighted by Gasteiger charge is 2.12. The van der Waals surface area contributed by atoms with Gasteiger partial charge in [-0.25, -0.2) is 0 Å². The molecule has 0 fully saturated rings. The Labute approximate surface area is 151 Å². The average Bonchev–Trinajstić information content (AvgIpc) is 3.08. The first-order valence-electron chi connectivity index (χ1n) is 9.05. The van der Waals surface area contributed by atoms with Crippen LogP contribution in [0.4, 0.5) is 0 Å². The lowest BCUT2D eigenvalue weighted by atomic mass is 10.2. The summed E-state index contributed by atoms with van der Waals surface area (Å²) in [6, 6.07) is 4.34. The second-order valence-corrected chi connectivity index (χ2v) is 6.35. The fraction of sp³-hybridized carbons (Fsp3) is 0.667. The fourth-order valence-electron chi connectivity index (χ4n) is 2.58. The van der Waals surface area contributed by atoms with Gasteiger partial charge in [0.15, 0.2) is 11.7 Å². The lowest BCUT2D eigenvalue weighted by Gasteiger charge is -2.29. The SMILES string of the molecule is CCNC(=NCCN(C(C)C)C(C)C)NCCNC(=O)c1ccco1. The zero-order chi connectivity index (χ0) is 18.7. The maximum atomic E-state index is 11.8. The summed E-state index contributed by atoms with van der Waals surface area (Å²) in [6.07, 6.45) is 1.49. The lowest BCUT2D eigenvalue weighted by molar-refractivity contribution is 0.0926. The molecule has 0 saturated carbocycles. The van der Waals surface area contributed by atoms with E-state index < -0.39 is 0 Å². The molecule has 1 heterocycles. The molecule has 0 aliphatic rings. The minimum Gasteiger partial charge on any atom is -0.459 e. The molecule has 0 aromatic carbocycles. The zero-order valence-corrected chi connectivity index (χ0v) is 16.1. The molecule has 0 atom stereocenters. The van der Waals surface area contributed by atoms with Gasteiger partial charge in [-0.3, -0.25) is 14.7 Å². The number of nitrogens with zero attached hydrogens (tertiary/aromatic N) is 2. The van der Waals surface area contributed by atoms with Crippen LogP contribution in [-0.4, -0.2) is 61.6 Å². The second-order valence-electron chi connectivity index (χ2n) is 6.35. The molecule has 1 aromatic heterocycles. The summed E-state index contributed by atoms with van der Waals surface area (Å²) in [4.78, 5) is 18.8. The molecule has 0 radical (unpaired) electrons. The number of carbonyl (C=O) groups excluding carboxylic acids is 1. The molecule has 142 valence electrons. The van der Waals surface area contributed by atoms with Crippen LogP contribution < -0.4 is 16.0 Å². The van der Waals surface area contributed by atoms with Gasteiger partial charge in [0.25, 0.3) is 5.91 Å². The number of amides is 1. The summed E-state index contributed by atoms with van der Waals surface area (Å²) in [5, 5.41) is 9.25. The third-order valence-corrected chi connectivity index (χ3v) is 3.75. The molecule has 0 saturated heterocycles. The molecular formula is C18H33N5O2. The monoisotopic (exact) mass is 351 g/mol. The van der Waals surface area contributed by atoms with E-state index in [0.29, 0.717) is 30.9 Å². The van der Waals surface area contributed by atoms with Gasteiger partial charge in [-0.15, -0.1) is 0 Å². The Balaban J connectivity index is 2.36. The highest BCUT2D eigenvalue weighted by molar-refractivity contribution is 5.91. The highest BCUT2D eigenvalue weighted by atomic mass is 16.3. The maximum absolute atomic E-state index is 11.8. The van der Waals surface area contributed by atoms with Crippen molar-refractivity contribution in [1.82, 2.24) is 20.9 Å². The summed E-state index contributed by atoms with van der Waals surface area (Å²) in [7, 11) is 0. The molecule has 0 bridgehead atoms. The summed E-state index contributed by atoms with van der Waals surface area (Å²) in [6.45, 7) is 14.4. The van der Waals surface area contributed by atoms with Crippen molar-refractivity contribution in [3.05, 3.63) is 24.2 Å². The van der Waals surface area contributed by atoms with E-state index in [1.165, 1.54) is 6.26 Å². The highest BCUT2D eigenvalue weighted by Crippen LogP contribution is 2.03. The molecule has 1 rings (SSSR count). The molecule has 3 N–H and O–H groups in total. The van der Waals surface area contributed by atoms with Gasteiger partial charge in [0, 0.05) is 38.3 Å². The Bertz CT molecular complexity index is 504. The first-order chi connectivity index (χ1) is 12.0. The fourth-order valence-corrected chi connectivity index (χ4v) is 2.58. The number of nitrogens with one attached hydrogen (secondary N) is 3. The van der Waals surface area contributed by atoms with Crippen molar-refractivity contribution in [2.24, 2.45) is 4.99 Å². The predicted octanol–water partition coefficient (Wildman–Crippen LogP) is 1.68. The Morgan fingerprint density at radius 2 is 1.84 bits per heavy atom. The van der Waals surface area contributed by atoms with Crippen LogP contribution in [0.15, 0.2) is 27.8 Å². The Morgan fingerprint density at radius 1 is 1.16 bits per heavy atom. The molecule has 0 aliphatic carbocycles. The molecule has 25 heavy (non-hydrogen) atoms. The largest absolute Gasteiger partial charge is 0.459 e. The van der Waals surface area contributed by atoms with Crippen molar-refractivity contribution in [1.29, 1.82) is 0 Å². The van der Waals surface area contributed by atoms with Crippen LogP contribution in [0, 0.1) is 0 Å². The average molecular weight is 351 g/mol. The molecule has 1 amide bonds. The Hall–Kier alpha value is -2.02. The van der Waals surface area contributed by atoms with Gasteiger partial charge in [-0.05, 0) is 46.8 Å². The maximum Gasteiger partial charge on any atom is 0.287 e. The van der Waals surface area contributed by atoms with E-state index in [4.69, 9.17) is 4.42 Å². The van der Waals surface area contributed by atoms with Crippen LogP contribution in [0.3, 0.4) is 0 Å². The zero-order valence-electron chi connectivity index (χ0n) is 16.1. The number of hydrogen-bond acceptors (Lipinski definition) is 4. The smallest absolute Gasteiger partial charge is 0.287 e. The first-order valence-corrected chi connectivity index (χ1v) is 9.05. The minimum absolute atomic E-state index is 0.210. The van der Waals surface area contributed by atoms with Crippen molar-refractivity contribution < 1.29 is 9.21 Å². The summed E-state index contributed by atoms with van der Waals surface area (Å²) < 4.78 is 5.05. The van der Waals surface area contributed by atoms with Crippen molar-refractivity contribution in [2.45, 2.75) is 46.7 Å². The van der Waals surface area contributed by atoms with E-state index in [9.17, 15) is 4.79 Å². The number of hydrogen-bond donors (Lipinski definition) is 3. The van der Waals surface area contributed by atoms with Crippen molar-refractivity contribution in [2.75, 3.05) is 32.7 Å². The molecular weight excluding hydrogens is 318 g/mol. The van der Waals surface area contributed by atoms with Crippen molar-refractivity contribution >= 4 is 11.9 Å². The normalized spacial score (nSPS) is 12.1. The number of rotatable bonds is 10. The lowest BCUT2D eigenvalue weighted by Crippen LogP contribution is -2.42. The quantitative estimate of drug-likeness (QED) is 0.339. The Morgan fingerprint density at radius 3 is 2.40 bits per heavy atom. The molecule has 0 spiro atoms. The topological polar surface area (TPSA) is 81.9 Å². The van der Waals surface area contributed by atoms with Crippen LogP contribution in [0.5, 0.6) is 0 Å². The van der Waals surface area contributed by atoms with Crippen molar-refractivity contribution in [3.63, 3.8) is 0 Å². The van der Waals surface area contributed by atoms with Crippen molar-refractivity contribution in [3.8, 4) is 0 Å². The third kappa shape index (κ3) is 8.07. The molecule has 7 nitrogen and oxygen atoms in total. The first kappa shape index (κ1) is 21.0. The molecule has 0 unspecified atom stereocenters. The Kier molecular flexibility index (Phi) is 9.69. The van der Waals surface area contributed by atoms with E-state index in [-0.39, 0.29) is 5.91 Å². The molecule has 0 aliphatic heterocycles. The summed E-state index contributed by atoms with van der Waals surface area (Å²) in [5.41, 5.74) is 0. The third-order valence-electron chi connectivity index (χ3n) is 3.75. The molecule has 1 aromatic rings. The van der Waals surface area contributed by atoms with Crippen LogP contribution in [0.1, 0.15) is 45.2 Å². The van der Waals surface area contributed by atoms with Crippen LogP contribution in [-0.2, 0) is 0 Å². The number of guanidine groups is 1. The van der Waals surface area contributed by atoms with Crippen LogP contribution >= 0.6 is 0 Å². The van der Waals surface area contributed by atoms with E-state index in [1.807, 2.05) is 6.92 Å². The van der Waals surface area contributed by atoms with E-state index in [2.05, 4.69) is 53.5 Å². The van der Waals surface area contributed by atoms with Crippen LogP contribution in [0.25, 0.3) is 0 Å². The number of furan rings is 1. The van der Waals surface area contributed by atoms with Gasteiger partial charge in [0.1, 0.15) is 0 Å². The van der Waals surface area contributed by atoms with Gasteiger partial charge in [0.05, 0.1) is 12.8 Å². The van der Waals surface area contributed by atoms with Crippen LogP contribution in [0.2, 0.25) is 0 Å². The second kappa shape index (κ2) is 11.5. The minimum atomic E-state index is -0.210. The number of aliphatic imine (C=N–C) groups is 1. The number of carbonyl (C=O) groups is 1. The summed E-state index contributed by atoms with van der Waals surface area (Å²) in [5.74, 6) is 0.878. The van der Waals surface area contributed by atoms with Gasteiger partial charge in [-0.2, -0.15) is 0 Å². The van der Waals surface area contributed by atoms with Gasteiger partial charge in [-0.1, -0.05) is 0 Å². The van der Waals surface area contributed by atoms with E-state index in [1.54, 1.807) is 12.1 Å². The summed E-state index contributed by atoms with van der Waals surface area (Å²) >= 11 is 0.